The van der Waals surface area contributed by atoms with Gasteiger partial charge in [-0.1, -0.05) is 6.92 Å². The van der Waals surface area contributed by atoms with Gasteiger partial charge in [0, 0.05) is 12.7 Å². The molecule has 2 heterocycles. The fourth-order valence-corrected chi connectivity index (χ4v) is 1.79. The zero-order chi connectivity index (χ0) is 12.4. The molecule has 0 aromatic carbocycles. The number of halogens is 1. The van der Waals surface area contributed by atoms with Crippen LogP contribution < -0.4 is 5.73 Å². The highest BCUT2D eigenvalue weighted by Gasteiger charge is 2.12. The van der Waals surface area contributed by atoms with E-state index in [2.05, 4.69) is 37.9 Å². The van der Waals surface area contributed by atoms with Crippen LogP contribution in [0.15, 0.2) is 16.7 Å². The summed E-state index contributed by atoms with van der Waals surface area (Å²) in [6.45, 7) is 4.85. The van der Waals surface area contributed by atoms with Crippen LogP contribution in [0.3, 0.4) is 0 Å². The fraction of sp³-hybridized carbons (Fsp3) is 0.364. The molecule has 0 saturated carbocycles. The van der Waals surface area contributed by atoms with Crippen molar-refractivity contribution in [3.63, 3.8) is 0 Å². The number of nitrogens with two attached hydrogens (primary N) is 1. The molecule has 5 nitrogen and oxygen atoms in total. The zero-order valence-corrected chi connectivity index (χ0v) is 11.4. The molecule has 6 heteroatoms. The Balaban J connectivity index is 2.49. The number of nitrogen functional groups attached to an aromatic ring is 1. The maximum Gasteiger partial charge on any atom is 0.180 e. The maximum atomic E-state index is 5.82. The molecule has 0 radical (unpaired) electrons. The van der Waals surface area contributed by atoms with Crippen molar-refractivity contribution < 1.29 is 0 Å². The Morgan fingerprint density at radius 3 is 2.82 bits per heavy atom. The molecule has 90 valence electrons. The minimum Gasteiger partial charge on any atom is -0.383 e. The van der Waals surface area contributed by atoms with E-state index in [9.17, 15) is 0 Å². The molecule has 17 heavy (non-hydrogen) atoms. The van der Waals surface area contributed by atoms with E-state index in [4.69, 9.17) is 5.73 Å². The summed E-state index contributed by atoms with van der Waals surface area (Å²) < 4.78 is 2.64. The monoisotopic (exact) mass is 295 g/mol. The van der Waals surface area contributed by atoms with Gasteiger partial charge in [0.1, 0.15) is 11.5 Å². The molecule has 0 amide bonds. The van der Waals surface area contributed by atoms with E-state index in [1.54, 1.807) is 6.20 Å². The van der Waals surface area contributed by atoms with Gasteiger partial charge in [0.15, 0.2) is 5.82 Å². The second-order valence-electron chi connectivity index (χ2n) is 3.77. The lowest BCUT2D eigenvalue weighted by molar-refractivity contribution is 0.606. The summed E-state index contributed by atoms with van der Waals surface area (Å²) in [6.07, 6.45) is 2.77. The second kappa shape index (κ2) is 4.83. The predicted octanol–water partition coefficient (Wildman–Crippen LogP) is 2.40. The first kappa shape index (κ1) is 12.0. The van der Waals surface area contributed by atoms with E-state index in [-0.39, 0.29) is 0 Å². The fourth-order valence-electron chi connectivity index (χ4n) is 1.61. The standard InChI is InChI=1S/C11H14BrN5/c1-3-6-17-8(4-5-14-17)11-15-7(2)9(12)10(13)16-11/h4-5H,3,6H2,1-2H3,(H2,13,15,16). The Hall–Kier alpha value is -1.43. The molecule has 0 saturated heterocycles. The van der Waals surface area contributed by atoms with Gasteiger partial charge in [0.05, 0.1) is 10.2 Å². The van der Waals surface area contributed by atoms with Crippen LogP contribution in [-0.4, -0.2) is 19.7 Å². The summed E-state index contributed by atoms with van der Waals surface area (Å²) in [5.74, 6) is 1.07. The molecule has 0 spiro atoms. The molecule has 2 N–H and O–H groups in total. The molecule has 0 aliphatic carbocycles. The van der Waals surface area contributed by atoms with Crippen LogP contribution >= 0.6 is 15.9 Å². The van der Waals surface area contributed by atoms with Gasteiger partial charge in [0.25, 0.3) is 0 Å². The minimum absolute atomic E-state index is 0.455. The summed E-state index contributed by atoms with van der Waals surface area (Å²) in [7, 11) is 0. The van der Waals surface area contributed by atoms with Crippen LogP contribution in [0.5, 0.6) is 0 Å². The molecule has 2 aromatic rings. The Morgan fingerprint density at radius 1 is 1.41 bits per heavy atom. The lowest BCUT2D eigenvalue weighted by Crippen LogP contribution is -2.06. The maximum absolute atomic E-state index is 5.82. The van der Waals surface area contributed by atoms with Crippen LogP contribution in [0.4, 0.5) is 5.82 Å². The van der Waals surface area contributed by atoms with Crippen molar-refractivity contribution in [2.24, 2.45) is 0 Å². The lowest BCUT2D eigenvalue weighted by Gasteiger charge is -2.07. The Bertz CT molecular complexity index is 511. The number of anilines is 1. The summed E-state index contributed by atoms with van der Waals surface area (Å²) >= 11 is 3.35. The summed E-state index contributed by atoms with van der Waals surface area (Å²) in [5, 5.41) is 4.25. The minimum atomic E-state index is 0.455. The Kier molecular flexibility index (Phi) is 3.42. The molecule has 0 unspecified atom stereocenters. The summed E-state index contributed by atoms with van der Waals surface area (Å²) in [4.78, 5) is 8.70. The highest BCUT2D eigenvalue weighted by molar-refractivity contribution is 9.10. The number of nitrogens with zero attached hydrogens (tertiary/aromatic N) is 4. The molecule has 0 aliphatic heterocycles. The van der Waals surface area contributed by atoms with Crippen molar-refractivity contribution in [3.8, 4) is 11.5 Å². The van der Waals surface area contributed by atoms with Gasteiger partial charge >= 0.3 is 0 Å². The third-order valence-corrected chi connectivity index (χ3v) is 3.40. The molecule has 2 aromatic heterocycles. The van der Waals surface area contributed by atoms with E-state index in [1.807, 2.05) is 17.7 Å². The van der Waals surface area contributed by atoms with Crippen LogP contribution in [0.1, 0.15) is 19.0 Å². The SMILES string of the molecule is CCCn1nccc1-c1nc(C)c(Br)c(N)n1. The Labute approximate surface area is 108 Å². The number of hydrogen-bond donors (Lipinski definition) is 1. The average Bonchev–Trinajstić information content (AvgIpc) is 2.74. The molecule has 0 atom stereocenters. The van der Waals surface area contributed by atoms with Crippen molar-refractivity contribution in [1.82, 2.24) is 19.7 Å². The van der Waals surface area contributed by atoms with Crippen LogP contribution in [0, 0.1) is 6.92 Å². The largest absolute Gasteiger partial charge is 0.383 e. The van der Waals surface area contributed by atoms with Crippen molar-refractivity contribution in [2.45, 2.75) is 26.8 Å². The molecule has 0 fully saturated rings. The van der Waals surface area contributed by atoms with Gasteiger partial charge < -0.3 is 5.73 Å². The third kappa shape index (κ3) is 2.31. The smallest absolute Gasteiger partial charge is 0.180 e. The third-order valence-electron chi connectivity index (χ3n) is 2.42. The van der Waals surface area contributed by atoms with Gasteiger partial charge in [0.2, 0.25) is 0 Å². The zero-order valence-electron chi connectivity index (χ0n) is 9.81. The quantitative estimate of drug-likeness (QED) is 0.944. The topological polar surface area (TPSA) is 69.6 Å². The van der Waals surface area contributed by atoms with Gasteiger partial charge in [-0.05, 0) is 35.3 Å². The molecular formula is C11H14BrN5. The van der Waals surface area contributed by atoms with E-state index in [1.165, 1.54) is 0 Å². The van der Waals surface area contributed by atoms with E-state index in [0.29, 0.717) is 11.6 Å². The van der Waals surface area contributed by atoms with Gasteiger partial charge in [-0.25, -0.2) is 9.97 Å². The lowest BCUT2D eigenvalue weighted by atomic mass is 10.3. The summed E-state index contributed by atoms with van der Waals surface area (Å²) in [5.41, 5.74) is 7.55. The Morgan fingerprint density at radius 2 is 2.18 bits per heavy atom. The van der Waals surface area contributed by atoms with Crippen molar-refractivity contribution in [1.29, 1.82) is 0 Å². The van der Waals surface area contributed by atoms with E-state index < -0.39 is 0 Å². The average molecular weight is 296 g/mol. The van der Waals surface area contributed by atoms with Gasteiger partial charge in [-0.2, -0.15) is 5.10 Å². The first-order chi connectivity index (χ1) is 8.13. The van der Waals surface area contributed by atoms with E-state index >= 15 is 0 Å². The highest BCUT2D eigenvalue weighted by Crippen LogP contribution is 2.24. The van der Waals surface area contributed by atoms with Crippen LogP contribution in [0.2, 0.25) is 0 Å². The van der Waals surface area contributed by atoms with Crippen LogP contribution in [-0.2, 0) is 6.54 Å². The number of aromatic nitrogens is 4. The first-order valence-electron chi connectivity index (χ1n) is 5.45. The van der Waals surface area contributed by atoms with Crippen LogP contribution in [0.25, 0.3) is 11.5 Å². The number of hydrogen-bond acceptors (Lipinski definition) is 4. The van der Waals surface area contributed by atoms with E-state index in [0.717, 1.165) is 28.8 Å². The molecular weight excluding hydrogens is 282 g/mol. The number of rotatable bonds is 3. The normalized spacial score (nSPS) is 10.8. The predicted molar refractivity (Wildman–Crippen MR) is 70.4 cm³/mol. The van der Waals surface area contributed by atoms with Gasteiger partial charge in [-0.3, -0.25) is 4.68 Å². The van der Waals surface area contributed by atoms with Crippen molar-refractivity contribution in [3.05, 3.63) is 22.4 Å². The highest BCUT2D eigenvalue weighted by atomic mass is 79.9. The first-order valence-corrected chi connectivity index (χ1v) is 6.24. The van der Waals surface area contributed by atoms with Crippen molar-refractivity contribution in [2.75, 3.05) is 5.73 Å². The molecule has 2 rings (SSSR count). The summed E-state index contributed by atoms with van der Waals surface area (Å²) in [6, 6.07) is 1.90. The van der Waals surface area contributed by atoms with Gasteiger partial charge in [-0.15, -0.1) is 0 Å². The molecule has 0 aliphatic rings. The second-order valence-corrected chi connectivity index (χ2v) is 4.56. The number of aryl methyl sites for hydroxylation is 2. The molecule has 0 bridgehead atoms. The van der Waals surface area contributed by atoms with Crippen molar-refractivity contribution >= 4 is 21.7 Å².